The van der Waals surface area contributed by atoms with E-state index in [0.717, 1.165) is 12.8 Å². The lowest BCUT2D eigenvalue weighted by atomic mass is 9.93. The van der Waals surface area contributed by atoms with E-state index in [1.807, 2.05) is 13.8 Å². The summed E-state index contributed by atoms with van der Waals surface area (Å²) in [4.78, 5) is 0. The third-order valence-corrected chi connectivity index (χ3v) is 2.86. The van der Waals surface area contributed by atoms with Crippen molar-refractivity contribution in [3.63, 3.8) is 0 Å². The monoisotopic (exact) mass is 187 g/mol. The first-order valence-corrected chi connectivity index (χ1v) is 5.05. The van der Waals surface area contributed by atoms with E-state index in [1.54, 1.807) is 0 Å². The van der Waals surface area contributed by atoms with Crippen molar-refractivity contribution < 1.29 is 10.2 Å². The number of rotatable bonds is 4. The number of aliphatic hydroxyl groups is 2. The fraction of sp³-hybridized carbons (Fsp3) is 1.00. The smallest absolute Gasteiger partial charge is 0.0613 e. The average molecular weight is 187 g/mol. The number of hydrogen-bond donors (Lipinski definition) is 3. The first-order valence-electron chi connectivity index (χ1n) is 5.05. The SMILES string of the molecule is CC(C)(CO)NC1(CO)CCCC1. The molecule has 0 aromatic rings. The molecule has 0 aromatic heterocycles. The van der Waals surface area contributed by atoms with Crippen LogP contribution in [0.15, 0.2) is 0 Å². The minimum absolute atomic E-state index is 0.106. The molecule has 3 nitrogen and oxygen atoms in total. The first-order chi connectivity index (χ1) is 6.04. The van der Waals surface area contributed by atoms with Gasteiger partial charge in [0.05, 0.1) is 13.2 Å². The Morgan fingerprint density at radius 3 is 2.15 bits per heavy atom. The quantitative estimate of drug-likeness (QED) is 0.606. The predicted octanol–water partition coefficient (Wildman–Crippen LogP) is 0.652. The van der Waals surface area contributed by atoms with Gasteiger partial charge in [0.15, 0.2) is 0 Å². The summed E-state index contributed by atoms with van der Waals surface area (Å²) >= 11 is 0. The van der Waals surface area contributed by atoms with Gasteiger partial charge in [-0.3, -0.25) is 0 Å². The molecule has 0 aromatic carbocycles. The molecule has 1 aliphatic rings. The molecule has 0 aliphatic heterocycles. The Morgan fingerprint density at radius 1 is 1.23 bits per heavy atom. The van der Waals surface area contributed by atoms with Gasteiger partial charge in [-0.15, -0.1) is 0 Å². The lowest BCUT2D eigenvalue weighted by Gasteiger charge is -2.37. The molecule has 0 saturated heterocycles. The van der Waals surface area contributed by atoms with Crippen molar-refractivity contribution in [3.8, 4) is 0 Å². The van der Waals surface area contributed by atoms with E-state index in [1.165, 1.54) is 12.8 Å². The lowest BCUT2D eigenvalue weighted by Crippen LogP contribution is -2.57. The number of nitrogens with one attached hydrogen (secondary N) is 1. The summed E-state index contributed by atoms with van der Waals surface area (Å²) in [5.41, 5.74) is -0.417. The van der Waals surface area contributed by atoms with Crippen LogP contribution in [0.2, 0.25) is 0 Å². The molecule has 1 aliphatic carbocycles. The Kier molecular flexibility index (Phi) is 3.33. The highest BCUT2D eigenvalue weighted by Gasteiger charge is 2.37. The molecule has 0 heterocycles. The molecule has 13 heavy (non-hydrogen) atoms. The lowest BCUT2D eigenvalue weighted by molar-refractivity contribution is 0.0971. The standard InChI is InChI=1S/C10H21NO2/c1-9(2,7-12)11-10(8-13)5-3-4-6-10/h11-13H,3-8H2,1-2H3. The summed E-state index contributed by atoms with van der Waals surface area (Å²) in [5.74, 6) is 0. The van der Waals surface area contributed by atoms with Crippen LogP contribution in [0.25, 0.3) is 0 Å². The molecule has 1 saturated carbocycles. The molecular formula is C10H21NO2. The van der Waals surface area contributed by atoms with E-state index in [2.05, 4.69) is 5.32 Å². The van der Waals surface area contributed by atoms with Crippen molar-refractivity contribution in [1.82, 2.24) is 5.32 Å². The second kappa shape index (κ2) is 3.95. The van der Waals surface area contributed by atoms with Crippen molar-refractivity contribution in [2.45, 2.75) is 50.6 Å². The largest absolute Gasteiger partial charge is 0.394 e. The van der Waals surface area contributed by atoms with Crippen molar-refractivity contribution in [2.75, 3.05) is 13.2 Å². The summed E-state index contributed by atoms with van der Waals surface area (Å²) < 4.78 is 0. The number of aliphatic hydroxyl groups excluding tert-OH is 2. The molecular weight excluding hydrogens is 166 g/mol. The van der Waals surface area contributed by atoms with Crippen molar-refractivity contribution in [2.24, 2.45) is 0 Å². The minimum Gasteiger partial charge on any atom is -0.394 e. The molecule has 3 N–H and O–H groups in total. The van der Waals surface area contributed by atoms with Crippen LogP contribution in [0.5, 0.6) is 0 Å². The van der Waals surface area contributed by atoms with Crippen LogP contribution in [-0.4, -0.2) is 34.5 Å². The predicted molar refractivity (Wildman–Crippen MR) is 52.6 cm³/mol. The van der Waals surface area contributed by atoms with Gasteiger partial charge >= 0.3 is 0 Å². The van der Waals surface area contributed by atoms with Gasteiger partial charge in [0.25, 0.3) is 0 Å². The summed E-state index contributed by atoms with van der Waals surface area (Å²) in [7, 11) is 0. The maximum atomic E-state index is 9.33. The minimum atomic E-state index is -0.285. The summed E-state index contributed by atoms with van der Waals surface area (Å²) in [6.45, 7) is 4.20. The molecule has 78 valence electrons. The van der Waals surface area contributed by atoms with Gasteiger partial charge < -0.3 is 15.5 Å². The summed E-state index contributed by atoms with van der Waals surface area (Å²) in [6.07, 6.45) is 4.39. The van der Waals surface area contributed by atoms with Gasteiger partial charge in [0, 0.05) is 11.1 Å². The third kappa shape index (κ3) is 2.66. The van der Waals surface area contributed by atoms with Crippen LogP contribution < -0.4 is 5.32 Å². The summed E-state index contributed by atoms with van der Waals surface area (Å²) in [5, 5.41) is 21.8. The third-order valence-electron chi connectivity index (χ3n) is 2.86. The maximum Gasteiger partial charge on any atom is 0.0613 e. The fourth-order valence-corrected chi connectivity index (χ4v) is 2.13. The average Bonchev–Trinajstić information content (AvgIpc) is 2.53. The molecule has 1 fully saturated rings. The summed E-state index contributed by atoms with van der Waals surface area (Å²) in [6, 6.07) is 0. The first kappa shape index (κ1) is 11.0. The number of hydrogen-bond acceptors (Lipinski definition) is 3. The molecule has 1 rings (SSSR count). The van der Waals surface area contributed by atoms with E-state index in [9.17, 15) is 5.11 Å². The highest BCUT2D eigenvalue weighted by Crippen LogP contribution is 2.30. The van der Waals surface area contributed by atoms with E-state index in [0.29, 0.717) is 0 Å². The second-order valence-corrected chi connectivity index (χ2v) is 4.81. The molecule has 3 heteroatoms. The highest BCUT2D eigenvalue weighted by molar-refractivity contribution is 4.97. The van der Waals surface area contributed by atoms with Gasteiger partial charge in [-0.25, -0.2) is 0 Å². The maximum absolute atomic E-state index is 9.33. The Balaban J connectivity index is 2.57. The Hall–Kier alpha value is -0.120. The van der Waals surface area contributed by atoms with E-state index in [-0.39, 0.29) is 24.3 Å². The fourth-order valence-electron chi connectivity index (χ4n) is 2.13. The zero-order valence-electron chi connectivity index (χ0n) is 8.64. The van der Waals surface area contributed by atoms with Crippen LogP contribution in [0, 0.1) is 0 Å². The molecule has 0 unspecified atom stereocenters. The molecule has 0 bridgehead atoms. The van der Waals surface area contributed by atoms with Crippen LogP contribution in [-0.2, 0) is 0 Å². The van der Waals surface area contributed by atoms with Gasteiger partial charge in [0.2, 0.25) is 0 Å². The zero-order chi connectivity index (χ0) is 9.95. The second-order valence-electron chi connectivity index (χ2n) is 4.81. The van der Waals surface area contributed by atoms with Crippen LogP contribution >= 0.6 is 0 Å². The van der Waals surface area contributed by atoms with Crippen molar-refractivity contribution in [3.05, 3.63) is 0 Å². The molecule has 0 radical (unpaired) electrons. The van der Waals surface area contributed by atoms with Gasteiger partial charge in [0.1, 0.15) is 0 Å². The van der Waals surface area contributed by atoms with E-state index in [4.69, 9.17) is 5.11 Å². The van der Waals surface area contributed by atoms with Crippen molar-refractivity contribution in [1.29, 1.82) is 0 Å². The molecule has 0 atom stereocenters. The van der Waals surface area contributed by atoms with Crippen LogP contribution in [0.4, 0.5) is 0 Å². The van der Waals surface area contributed by atoms with E-state index >= 15 is 0 Å². The molecule has 0 spiro atoms. The Labute approximate surface area is 80.2 Å². The van der Waals surface area contributed by atoms with Crippen LogP contribution in [0.3, 0.4) is 0 Å². The normalized spacial score (nSPS) is 22.2. The molecule has 0 amide bonds. The Bertz CT molecular complexity index is 162. The highest BCUT2D eigenvalue weighted by atomic mass is 16.3. The van der Waals surface area contributed by atoms with Gasteiger partial charge in [-0.2, -0.15) is 0 Å². The van der Waals surface area contributed by atoms with Crippen LogP contribution in [0.1, 0.15) is 39.5 Å². The van der Waals surface area contributed by atoms with Crippen molar-refractivity contribution >= 4 is 0 Å². The van der Waals surface area contributed by atoms with Gasteiger partial charge in [-0.1, -0.05) is 12.8 Å². The zero-order valence-corrected chi connectivity index (χ0v) is 8.64. The van der Waals surface area contributed by atoms with Gasteiger partial charge in [-0.05, 0) is 26.7 Å². The van der Waals surface area contributed by atoms with E-state index < -0.39 is 0 Å². The Morgan fingerprint density at radius 2 is 1.77 bits per heavy atom. The topological polar surface area (TPSA) is 52.5 Å².